The minimum absolute atomic E-state index is 0.695. The zero-order valence-corrected chi connectivity index (χ0v) is 56.2. The Labute approximate surface area is 599 Å². The highest BCUT2D eigenvalue weighted by Gasteiger charge is 2.20. The molecule has 104 heavy (non-hydrogen) atoms. The molecule has 0 bridgehead atoms. The van der Waals surface area contributed by atoms with E-state index in [0.29, 0.717) is 11.6 Å². The normalized spacial score (nSPS) is 11.5. The largest absolute Gasteiger partial charge is 0.245 e. The van der Waals surface area contributed by atoms with Crippen LogP contribution < -0.4 is 0 Å². The van der Waals surface area contributed by atoms with Gasteiger partial charge in [-0.1, -0.05) is 297 Å². The zero-order valence-electron chi connectivity index (χ0n) is 56.2. The molecule has 0 saturated heterocycles. The van der Waals surface area contributed by atoms with E-state index in [0.717, 1.165) is 155 Å². The van der Waals surface area contributed by atoms with Gasteiger partial charge in [0.15, 0.2) is 11.6 Å². The lowest BCUT2D eigenvalue weighted by Gasteiger charge is -2.13. The van der Waals surface area contributed by atoms with Crippen LogP contribution in [0.5, 0.6) is 0 Å². The van der Waals surface area contributed by atoms with Crippen LogP contribution in [0.3, 0.4) is 0 Å². The molecule has 0 spiro atoms. The maximum Gasteiger partial charge on any atom is 0.160 e. The number of hydrogen-bond acceptors (Lipinski definition) is 8. The Morgan fingerprint density at radius 1 is 0.144 bits per heavy atom. The third-order valence-electron chi connectivity index (χ3n) is 19.6. The van der Waals surface area contributed by atoms with Crippen LogP contribution in [0.4, 0.5) is 0 Å². The molecule has 0 aliphatic carbocycles. The highest BCUT2D eigenvalue weighted by Crippen LogP contribution is 2.42. The average molecular weight is 1330 g/mol. The highest BCUT2D eigenvalue weighted by molar-refractivity contribution is 6.18. The van der Waals surface area contributed by atoms with Gasteiger partial charge < -0.3 is 0 Å². The number of hydrogen-bond donors (Lipinski definition) is 0. The second-order valence-corrected chi connectivity index (χ2v) is 26.1. The van der Waals surface area contributed by atoms with Gasteiger partial charge in [-0.15, -0.1) is 0 Å². The number of benzene rings is 14. The van der Waals surface area contributed by atoms with E-state index < -0.39 is 0 Å². The molecule has 0 aliphatic heterocycles. The summed E-state index contributed by atoms with van der Waals surface area (Å²) in [6.45, 7) is 0. The van der Waals surface area contributed by atoms with Gasteiger partial charge in [0, 0.05) is 88.0 Å². The van der Waals surface area contributed by atoms with E-state index in [1.54, 1.807) is 0 Å². The van der Waals surface area contributed by atoms with E-state index in [4.69, 9.17) is 39.9 Å². The quantitative estimate of drug-likeness (QED) is 0.0985. The number of aromatic nitrogens is 8. The lowest BCUT2D eigenvalue weighted by atomic mass is 9.95. The van der Waals surface area contributed by atoms with Crippen LogP contribution in [-0.2, 0) is 0 Å². The van der Waals surface area contributed by atoms with Gasteiger partial charge in [-0.25, -0.2) is 39.9 Å². The van der Waals surface area contributed by atoms with Crippen molar-refractivity contribution in [1.82, 2.24) is 39.9 Å². The van der Waals surface area contributed by atoms with Crippen LogP contribution in [-0.4, -0.2) is 39.9 Å². The first-order valence-electron chi connectivity index (χ1n) is 34.9. The lowest BCUT2D eigenvalue weighted by molar-refractivity contribution is 1.18. The standard InChI is InChI=1S/C52H32N4.C44H28N4/c1-4-12-33(13-5-1)47-32-48(56-52(55-47)36-16-8-3-9-17-36)40-23-21-38-28-41-30-39(22-20-37(41)29-42(38)31-40)45-27-25-35-24-26-44-49(34-14-6-2-7-15-34)43-18-10-11-19-46(43)54-51(44)50(35)53-45;1-4-13-29(14-5-1)39-28-40(48-44(47-39)32-17-8-3-9-18-32)34-20-12-19-33(27-34)37-26-24-31-23-25-36-41(30-15-6-2-7-16-30)35-21-10-11-22-38(35)46-43(36)42(31)45-37/h1-32H;1-28H. The summed E-state index contributed by atoms with van der Waals surface area (Å²) in [7, 11) is 0. The maximum absolute atomic E-state index is 5.31. The molecule has 8 nitrogen and oxygen atoms in total. The number of rotatable bonds is 10. The van der Waals surface area contributed by atoms with Crippen LogP contribution in [0.1, 0.15) is 0 Å². The SMILES string of the molecule is c1ccc(-c2cc(-c3ccc4cc5cc(-c6ccc7ccc8c(-c9ccccc9)c9ccccc9nc8c7n6)ccc5cc4c3)nc(-c3ccccc3)n2)cc1.c1ccc(-c2cc(-c3cccc(-c4ccc5ccc6c(-c7ccccc7)c7ccccc7nc6c5n4)c3)nc(-c3ccccc3)n2)cc1. The van der Waals surface area contributed by atoms with Crippen molar-refractivity contribution in [3.8, 4) is 113 Å². The Bertz CT molecular complexity index is 6580. The van der Waals surface area contributed by atoms with Crippen molar-refractivity contribution in [1.29, 1.82) is 0 Å². The monoisotopic (exact) mass is 1320 g/mol. The topological polar surface area (TPSA) is 103 Å². The molecule has 0 radical (unpaired) electrons. The van der Waals surface area contributed by atoms with Gasteiger partial charge in [0.05, 0.1) is 67.3 Å². The van der Waals surface area contributed by atoms with Crippen molar-refractivity contribution in [3.63, 3.8) is 0 Å². The Morgan fingerprint density at radius 2 is 0.462 bits per heavy atom. The van der Waals surface area contributed by atoms with Gasteiger partial charge >= 0.3 is 0 Å². The van der Waals surface area contributed by atoms with Gasteiger partial charge in [-0.05, 0) is 99.4 Å². The van der Waals surface area contributed by atoms with Crippen molar-refractivity contribution >= 4 is 87.0 Å². The summed E-state index contributed by atoms with van der Waals surface area (Å²) < 4.78 is 0. The fraction of sp³-hybridized carbons (Fsp3) is 0. The Balaban J connectivity index is 0.000000145. The summed E-state index contributed by atoms with van der Waals surface area (Å²) in [5, 5.41) is 11.3. The average Bonchev–Trinajstić information content (AvgIpc) is 0.730. The van der Waals surface area contributed by atoms with E-state index in [9.17, 15) is 0 Å². The first kappa shape index (κ1) is 61.0. The van der Waals surface area contributed by atoms with E-state index in [-0.39, 0.29) is 0 Å². The fourth-order valence-electron chi connectivity index (χ4n) is 14.5. The Morgan fingerprint density at radius 3 is 0.885 bits per heavy atom. The third kappa shape index (κ3) is 11.5. The van der Waals surface area contributed by atoms with Gasteiger partial charge in [-0.3, -0.25) is 0 Å². The van der Waals surface area contributed by atoms with E-state index >= 15 is 0 Å². The van der Waals surface area contributed by atoms with Crippen molar-refractivity contribution in [3.05, 3.63) is 364 Å². The fourth-order valence-corrected chi connectivity index (χ4v) is 14.5. The molecule has 0 saturated carbocycles. The van der Waals surface area contributed by atoms with Crippen LogP contribution in [0.15, 0.2) is 364 Å². The maximum atomic E-state index is 5.31. The predicted octanol–water partition coefficient (Wildman–Crippen LogP) is 24.4. The van der Waals surface area contributed by atoms with Crippen molar-refractivity contribution in [2.24, 2.45) is 0 Å². The molecule has 0 amide bonds. The molecule has 6 heterocycles. The summed E-state index contributed by atoms with van der Waals surface area (Å²) >= 11 is 0. The van der Waals surface area contributed by atoms with Crippen LogP contribution in [0.25, 0.3) is 200 Å². The second-order valence-electron chi connectivity index (χ2n) is 26.1. The summed E-state index contributed by atoms with van der Waals surface area (Å²) in [5.74, 6) is 1.41. The predicted molar refractivity (Wildman–Crippen MR) is 430 cm³/mol. The molecule has 0 aliphatic rings. The lowest BCUT2D eigenvalue weighted by Crippen LogP contribution is -1.96. The first-order valence-corrected chi connectivity index (χ1v) is 34.9. The number of para-hydroxylation sites is 2. The molecular weight excluding hydrogens is 1270 g/mol. The van der Waals surface area contributed by atoms with E-state index in [2.05, 4.69) is 273 Å². The molecule has 14 aromatic carbocycles. The first-order chi connectivity index (χ1) is 51.5. The molecule has 20 rings (SSSR count). The molecule has 0 unspecified atom stereocenters. The molecule has 0 atom stereocenters. The minimum atomic E-state index is 0.695. The molecule has 8 heteroatoms. The van der Waals surface area contributed by atoms with E-state index in [1.165, 1.54) is 33.0 Å². The number of pyridine rings is 4. The third-order valence-corrected chi connectivity index (χ3v) is 19.6. The van der Waals surface area contributed by atoms with Gasteiger partial charge in [0.2, 0.25) is 0 Å². The van der Waals surface area contributed by atoms with Crippen molar-refractivity contribution in [2.75, 3.05) is 0 Å². The molecular formula is C96H60N8. The smallest absolute Gasteiger partial charge is 0.160 e. The van der Waals surface area contributed by atoms with Gasteiger partial charge in [0.25, 0.3) is 0 Å². The molecule has 0 fully saturated rings. The summed E-state index contributed by atoms with van der Waals surface area (Å²) in [6.07, 6.45) is 0. The summed E-state index contributed by atoms with van der Waals surface area (Å²) in [4.78, 5) is 41.1. The molecule has 20 aromatic rings. The Kier molecular flexibility index (Phi) is 15.4. The summed E-state index contributed by atoms with van der Waals surface area (Å²) in [5.41, 5.74) is 23.8. The minimum Gasteiger partial charge on any atom is -0.245 e. The Hall–Kier alpha value is -14.1. The molecule has 484 valence electrons. The van der Waals surface area contributed by atoms with E-state index in [1.807, 2.05) is 91.0 Å². The zero-order chi connectivity index (χ0) is 68.9. The van der Waals surface area contributed by atoms with Crippen molar-refractivity contribution in [2.45, 2.75) is 0 Å². The number of nitrogens with zero attached hydrogens (tertiary/aromatic N) is 8. The van der Waals surface area contributed by atoms with Crippen LogP contribution >= 0.6 is 0 Å². The van der Waals surface area contributed by atoms with Crippen molar-refractivity contribution < 1.29 is 0 Å². The summed E-state index contributed by atoms with van der Waals surface area (Å²) in [6, 6.07) is 126. The molecule has 6 aromatic heterocycles. The van der Waals surface area contributed by atoms with Crippen LogP contribution in [0.2, 0.25) is 0 Å². The highest BCUT2D eigenvalue weighted by atomic mass is 14.9. The molecule has 0 N–H and O–H groups in total. The number of fused-ring (bicyclic) bond motifs is 10. The van der Waals surface area contributed by atoms with Gasteiger partial charge in [-0.2, -0.15) is 0 Å². The second kappa shape index (κ2) is 26.2. The van der Waals surface area contributed by atoms with Crippen LogP contribution in [0, 0.1) is 0 Å². The van der Waals surface area contributed by atoms with Gasteiger partial charge in [0.1, 0.15) is 0 Å².